The summed E-state index contributed by atoms with van der Waals surface area (Å²) in [6, 6.07) is 3.17. The molecule has 17 heavy (non-hydrogen) atoms. The highest BCUT2D eigenvalue weighted by molar-refractivity contribution is 6.44. The minimum Gasteiger partial charge on any atom is -0.382 e. The molecule has 0 saturated carbocycles. The zero-order valence-electron chi connectivity index (χ0n) is 8.42. The highest BCUT2D eigenvalue weighted by Gasteiger charge is 2.06. The maximum atomic E-state index is 6.00. The number of benzene rings is 1. The van der Waals surface area contributed by atoms with Crippen molar-refractivity contribution in [3.8, 4) is 0 Å². The summed E-state index contributed by atoms with van der Waals surface area (Å²) < 4.78 is 0. The number of anilines is 3. The monoisotopic (exact) mass is 288 g/mol. The molecule has 0 unspecified atom stereocenters. The molecule has 4 nitrogen and oxygen atoms in total. The van der Waals surface area contributed by atoms with Crippen LogP contribution in [0.4, 0.5) is 17.3 Å². The van der Waals surface area contributed by atoms with Crippen LogP contribution in [0.5, 0.6) is 0 Å². The van der Waals surface area contributed by atoms with Crippen molar-refractivity contribution in [3.63, 3.8) is 0 Å². The van der Waals surface area contributed by atoms with Crippen molar-refractivity contribution in [1.29, 1.82) is 0 Å². The summed E-state index contributed by atoms with van der Waals surface area (Å²) in [7, 11) is 0. The zero-order chi connectivity index (χ0) is 12.4. The van der Waals surface area contributed by atoms with E-state index in [-0.39, 0.29) is 0 Å². The number of rotatable bonds is 2. The van der Waals surface area contributed by atoms with E-state index in [0.29, 0.717) is 32.4 Å². The topological polar surface area (TPSA) is 63.8 Å². The predicted octanol–water partition coefficient (Wildman–Crippen LogP) is 3.76. The lowest BCUT2D eigenvalue weighted by Crippen LogP contribution is -1.97. The van der Waals surface area contributed by atoms with Crippen LogP contribution in [-0.2, 0) is 0 Å². The molecule has 0 spiro atoms. The van der Waals surface area contributed by atoms with Gasteiger partial charge in [0.05, 0.1) is 33.1 Å². The molecule has 2 rings (SSSR count). The molecule has 0 saturated heterocycles. The number of nitrogens with one attached hydrogen (secondary N) is 1. The van der Waals surface area contributed by atoms with E-state index in [1.807, 2.05) is 0 Å². The maximum Gasteiger partial charge on any atom is 0.149 e. The zero-order valence-corrected chi connectivity index (χ0v) is 10.7. The van der Waals surface area contributed by atoms with Crippen LogP contribution in [0.2, 0.25) is 15.1 Å². The lowest BCUT2D eigenvalue weighted by molar-refractivity contribution is 1.21. The number of nitrogens with zero attached hydrogens (tertiary/aromatic N) is 2. The van der Waals surface area contributed by atoms with Crippen molar-refractivity contribution >= 4 is 52.1 Å². The van der Waals surface area contributed by atoms with Gasteiger partial charge in [0.25, 0.3) is 0 Å². The molecule has 0 radical (unpaired) electrons. The summed E-state index contributed by atoms with van der Waals surface area (Å²) in [5.41, 5.74) is 6.03. The first kappa shape index (κ1) is 12.2. The van der Waals surface area contributed by atoms with Gasteiger partial charge in [-0.05, 0) is 12.1 Å². The van der Waals surface area contributed by atoms with Gasteiger partial charge in [0.1, 0.15) is 11.6 Å². The van der Waals surface area contributed by atoms with E-state index >= 15 is 0 Å². The van der Waals surface area contributed by atoms with Crippen LogP contribution in [0.1, 0.15) is 0 Å². The Morgan fingerprint density at radius 1 is 0.941 bits per heavy atom. The molecular formula is C10H7Cl3N4. The van der Waals surface area contributed by atoms with Crippen LogP contribution in [0.25, 0.3) is 0 Å². The highest BCUT2D eigenvalue weighted by Crippen LogP contribution is 2.33. The standard InChI is InChI=1S/C10H7Cl3N4/c11-5-1-7(13)8(2-6(5)12)17-10-4-15-9(14)3-16-10/h1-4H,(H2,14,15)(H,16,17). The molecule has 0 bridgehead atoms. The van der Waals surface area contributed by atoms with Gasteiger partial charge in [0, 0.05) is 0 Å². The first-order valence-corrected chi connectivity index (χ1v) is 5.69. The van der Waals surface area contributed by atoms with Gasteiger partial charge in [-0.25, -0.2) is 9.97 Å². The van der Waals surface area contributed by atoms with E-state index in [1.165, 1.54) is 12.4 Å². The lowest BCUT2D eigenvalue weighted by Gasteiger charge is -2.08. The molecule has 0 fully saturated rings. The summed E-state index contributed by atoms with van der Waals surface area (Å²) in [5, 5.41) is 4.20. The van der Waals surface area contributed by atoms with E-state index < -0.39 is 0 Å². The van der Waals surface area contributed by atoms with Gasteiger partial charge in [-0.1, -0.05) is 34.8 Å². The van der Waals surface area contributed by atoms with E-state index in [9.17, 15) is 0 Å². The number of hydrogen-bond donors (Lipinski definition) is 2. The van der Waals surface area contributed by atoms with Crippen LogP contribution in [-0.4, -0.2) is 9.97 Å². The molecule has 0 aliphatic carbocycles. The first-order chi connectivity index (χ1) is 8.06. The smallest absolute Gasteiger partial charge is 0.149 e. The molecule has 3 N–H and O–H groups in total. The summed E-state index contributed by atoms with van der Waals surface area (Å²) in [6.45, 7) is 0. The normalized spacial score (nSPS) is 10.3. The summed E-state index contributed by atoms with van der Waals surface area (Å²) in [5.74, 6) is 0.857. The number of nitrogen functional groups attached to an aromatic ring is 1. The fourth-order valence-electron chi connectivity index (χ4n) is 1.16. The second kappa shape index (κ2) is 4.96. The minimum atomic E-state index is 0.343. The summed E-state index contributed by atoms with van der Waals surface area (Å²) in [6.07, 6.45) is 2.93. The summed E-state index contributed by atoms with van der Waals surface area (Å²) >= 11 is 17.7. The van der Waals surface area contributed by atoms with Crippen molar-refractivity contribution in [1.82, 2.24) is 9.97 Å². The molecule has 0 amide bonds. The van der Waals surface area contributed by atoms with E-state index in [0.717, 1.165) is 0 Å². The van der Waals surface area contributed by atoms with Crippen molar-refractivity contribution < 1.29 is 0 Å². The average molecular weight is 290 g/mol. The van der Waals surface area contributed by atoms with Gasteiger partial charge in [-0.2, -0.15) is 0 Å². The predicted molar refractivity (Wildman–Crippen MR) is 71.2 cm³/mol. The summed E-state index contributed by atoms with van der Waals surface area (Å²) in [4.78, 5) is 7.93. The Kier molecular flexibility index (Phi) is 3.57. The Morgan fingerprint density at radius 3 is 2.29 bits per heavy atom. The molecule has 0 aliphatic rings. The second-order valence-electron chi connectivity index (χ2n) is 3.20. The first-order valence-electron chi connectivity index (χ1n) is 4.55. The highest BCUT2D eigenvalue weighted by atomic mass is 35.5. The molecule has 1 aromatic carbocycles. The van der Waals surface area contributed by atoms with Crippen LogP contribution >= 0.6 is 34.8 Å². The molecule has 0 atom stereocenters. The fourth-order valence-corrected chi connectivity index (χ4v) is 1.75. The number of halogens is 3. The number of nitrogens with two attached hydrogens (primary N) is 1. The Hall–Kier alpha value is -1.23. The van der Waals surface area contributed by atoms with E-state index in [2.05, 4.69) is 15.3 Å². The number of aromatic nitrogens is 2. The third-order valence-corrected chi connectivity index (χ3v) is 2.98. The van der Waals surface area contributed by atoms with Gasteiger partial charge < -0.3 is 11.1 Å². The van der Waals surface area contributed by atoms with Gasteiger partial charge in [-0.15, -0.1) is 0 Å². The number of hydrogen-bond acceptors (Lipinski definition) is 4. The van der Waals surface area contributed by atoms with Gasteiger partial charge in [0.2, 0.25) is 0 Å². The van der Waals surface area contributed by atoms with Crippen LogP contribution in [0.3, 0.4) is 0 Å². The van der Waals surface area contributed by atoms with Crippen LogP contribution in [0.15, 0.2) is 24.5 Å². The molecule has 1 heterocycles. The van der Waals surface area contributed by atoms with E-state index in [1.54, 1.807) is 12.1 Å². The molecule has 0 aliphatic heterocycles. The Bertz CT molecular complexity index is 542. The second-order valence-corrected chi connectivity index (χ2v) is 4.42. The van der Waals surface area contributed by atoms with Gasteiger partial charge in [-0.3, -0.25) is 0 Å². The average Bonchev–Trinajstić information content (AvgIpc) is 2.29. The quantitative estimate of drug-likeness (QED) is 0.826. The lowest BCUT2D eigenvalue weighted by atomic mass is 10.3. The Labute approximate surface area is 113 Å². The molecule has 7 heteroatoms. The van der Waals surface area contributed by atoms with Crippen molar-refractivity contribution in [2.75, 3.05) is 11.1 Å². The van der Waals surface area contributed by atoms with Crippen molar-refractivity contribution in [2.24, 2.45) is 0 Å². The molecule has 88 valence electrons. The van der Waals surface area contributed by atoms with Crippen LogP contribution < -0.4 is 11.1 Å². The molecular weight excluding hydrogens is 282 g/mol. The molecule has 1 aromatic heterocycles. The molecule has 2 aromatic rings. The third-order valence-electron chi connectivity index (χ3n) is 1.94. The largest absolute Gasteiger partial charge is 0.382 e. The minimum absolute atomic E-state index is 0.343. The fraction of sp³-hybridized carbons (Fsp3) is 0. The van der Waals surface area contributed by atoms with Gasteiger partial charge in [0.15, 0.2) is 0 Å². The van der Waals surface area contributed by atoms with E-state index in [4.69, 9.17) is 40.5 Å². The van der Waals surface area contributed by atoms with Crippen LogP contribution in [0, 0.1) is 0 Å². The Morgan fingerprint density at radius 2 is 1.65 bits per heavy atom. The third kappa shape index (κ3) is 2.91. The SMILES string of the molecule is Nc1cnc(Nc2cc(Cl)c(Cl)cc2Cl)cn1. The van der Waals surface area contributed by atoms with Gasteiger partial charge >= 0.3 is 0 Å². The maximum absolute atomic E-state index is 6.00. The van der Waals surface area contributed by atoms with Crippen molar-refractivity contribution in [2.45, 2.75) is 0 Å². The van der Waals surface area contributed by atoms with Crippen molar-refractivity contribution in [3.05, 3.63) is 39.6 Å². The Balaban J connectivity index is 2.30.